The van der Waals surface area contributed by atoms with Crippen LogP contribution in [0.25, 0.3) is 0 Å². The van der Waals surface area contributed by atoms with E-state index in [2.05, 4.69) is 13.8 Å². The van der Waals surface area contributed by atoms with Crippen molar-refractivity contribution in [2.24, 2.45) is 0 Å². The van der Waals surface area contributed by atoms with E-state index in [4.69, 9.17) is 0 Å². The molecule has 1 rings (SSSR count). The second kappa shape index (κ2) is 9.41. The van der Waals surface area contributed by atoms with E-state index >= 15 is 0 Å². The molecule has 0 saturated heterocycles. The van der Waals surface area contributed by atoms with Gasteiger partial charge >= 0.3 is 0 Å². The van der Waals surface area contributed by atoms with Crippen molar-refractivity contribution in [2.45, 2.75) is 6.92 Å². The van der Waals surface area contributed by atoms with Crippen molar-refractivity contribution in [3.63, 3.8) is 0 Å². The van der Waals surface area contributed by atoms with Crippen LogP contribution in [0.15, 0.2) is 24.3 Å². The topological polar surface area (TPSA) is 20.3 Å². The molecule has 0 spiro atoms. The Kier molecular flexibility index (Phi) is 11.0. The van der Waals surface area contributed by atoms with Gasteiger partial charge in [0.15, 0.2) is 5.78 Å². The minimum absolute atomic E-state index is 0. The van der Waals surface area contributed by atoms with E-state index < -0.39 is 0 Å². The number of nitrogens with zero attached hydrogens (tertiary/aromatic N) is 1. The molecule has 0 bridgehead atoms. The van der Waals surface area contributed by atoms with Crippen LogP contribution in [0, 0.1) is 13.8 Å². The maximum absolute atomic E-state index is 11.0. The zero-order valence-corrected chi connectivity index (χ0v) is 13.8. The van der Waals surface area contributed by atoms with E-state index in [1.807, 2.05) is 29.2 Å². The first-order chi connectivity index (χ1) is 6.69. The van der Waals surface area contributed by atoms with Gasteiger partial charge in [-0.1, -0.05) is 0 Å². The first kappa shape index (κ1) is 18.7. The molecule has 1 aromatic carbocycles. The van der Waals surface area contributed by atoms with Crippen LogP contribution in [0.5, 0.6) is 0 Å². The number of carbonyl (C=O) groups is 1. The number of ketones is 1. The van der Waals surface area contributed by atoms with Gasteiger partial charge in [0, 0.05) is 62.5 Å². The van der Waals surface area contributed by atoms with Gasteiger partial charge in [0.05, 0.1) is 0 Å². The van der Waals surface area contributed by atoms with Crippen LogP contribution >= 0.6 is 0 Å². The van der Waals surface area contributed by atoms with Crippen LogP contribution < -0.4 is 4.90 Å². The van der Waals surface area contributed by atoms with Crippen LogP contribution in [0.1, 0.15) is 17.3 Å². The number of benzene rings is 1. The van der Waals surface area contributed by atoms with Crippen molar-refractivity contribution >= 4 is 11.5 Å². The maximum atomic E-state index is 11.0. The molecule has 0 heterocycles. The summed E-state index contributed by atoms with van der Waals surface area (Å²) in [6.07, 6.45) is 0. The smallest absolute Gasteiger partial charge is 0.159 e. The molecule has 0 aliphatic rings. The molecule has 2 radical (unpaired) electrons. The number of carbonyl (C=O) groups excluding carboxylic acids is 1. The summed E-state index contributed by atoms with van der Waals surface area (Å²) in [5, 5.41) is 0. The van der Waals surface area contributed by atoms with Crippen molar-refractivity contribution in [1.82, 2.24) is 0 Å². The number of rotatable bonds is 4. The predicted octanol–water partition coefficient (Wildman–Crippen LogP) is 2.36. The Hall–Kier alpha value is 0.378. The SMILES string of the molecule is [CH2-]CN(C[CH2-])c1ccc(C(C)=O)cc1.[V].[Y]. The molecule has 1 aromatic rings. The van der Waals surface area contributed by atoms with Crippen molar-refractivity contribution in [3.05, 3.63) is 43.7 Å². The molecule has 4 heteroatoms. The van der Waals surface area contributed by atoms with Gasteiger partial charge in [-0.3, -0.25) is 4.79 Å². The Morgan fingerprint density at radius 2 is 1.62 bits per heavy atom. The Labute approximate surface area is 135 Å². The van der Waals surface area contributed by atoms with Gasteiger partial charge in [0.25, 0.3) is 0 Å². The molecular weight excluding hydrogens is 314 g/mol. The Balaban J connectivity index is 0. The molecule has 0 aliphatic heterocycles. The molecule has 0 N–H and O–H groups in total. The summed E-state index contributed by atoms with van der Waals surface area (Å²) < 4.78 is 0. The van der Waals surface area contributed by atoms with Gasteiger partial charge in [-0.05, 0) is 31.2 Å². The quantitative estimate of drug-likeness (QED) is 0.624. The summed E-state index contributed by atoms with van der Waals surface area (Å²) in [6.45, 7) is 10.6. The van der Waals surface area contributed by atoms with E-state index in [0.717, 1.165) is 11.3 Å². The Morgan fingerprint density at radius 1 is 1.19 bits per heavy atom. The van der Waals surface area contributed by atoms with Crippen molar-refractivity contribution in [3.8, 4) is 0 Å². The fourth-order valence-corrected chi connectivity index (χ4v) is 1.28. The molecule has 84 valence electrons. The van der Waals surface area contributed by atoms with Crippen LogP contribution in [-0.2, 0) is 51.3 Å². The standard InChI is InChI=1S/C12H15NO.V.Y/c1-4-13(5-2)12-8-6-11(7-9-12)10(3)14;;/h6-9H,1-2,4-5H2,3H3;;/q-2;;. The second-order valence-corrected chi connectivity index (χ2v) is 3.09. The molecule has 0 unspecified atom stereocenters. The Morgan fingerprint density at radius 3 is 1.94 bits per heavy atom. The number of hydrogen-bond acceptors (Lipinski definition) is 2. The summed E-state index contributed by atoms with van der Waals surface area (Å²) in [7, 11) is 0. The normalized spacial score (nSPS) is 8.69. The van der Waals surface area contributed by atoms with Crippen LogP contribution in [0.4, 0.5) is 5.69 Å². The molecule has 0 atom stereocenters. The Bertz CT molecular complexity index is 309. The van der Waals surface area contributed by atoms with E-state index in [-0.39, 0.29) is 57.0 Å². The molecule has 0 aromatic heterocycles. The van der Waals surface area contributed by atoms with Gasteiger partial charge in [-0.15, -0.1) is 13.1 Å². The summed E-state index contributed by atoms with van der Waals surface area (Å²) >= 11 is 0. The molecule has 2 nitrogen and oxygen atoms in total. The molecule has 0 aliphatic carbocycles. The van der Waals surface area contributed by atoms with Gasteiger partial charge in [0.2, 0.25) is 0 Å². The third-order valence-electron chi connectivity index (χ3n) is 2.18. The van der Waals surface area contributed by atoms with Crippen LogP contribution in [0.2, 0.25) is 0 Å². The largest absolute Gasteiger partial charge is 0.432 e. The number of Topliss-reactive ketones (excluding diaryl/α,β-unsaturated/α-hetero) is 1. The van der Waals surface area contributed by atoms with E-state index in [9.17, 15) is 4.79 Å². The summed E-state index contributed by atoms with van der Waals surface area (Å²) in [5.41, 5.74) is 1.79. The third-order valence-corrected chi connectivity index (χ3v) is 2.18. The molecule has 16 heavy (non-hydrogen) atoms. The first-order valence-electron chi connectivity index (χ1n) is 4.63. The summed E-state index contributed by atoms with van der Waals surface area (Å²) in [6, 6.07) is 7.51. The van der Waals surface area contributed by atoms with Crippen LogP contribution in [0.3, 0.4) is 0 Å². The molecule has 0 saturated carbocycles. The van der Waals surface area contributed by atoms with Gasteiger partial charge in [-0.2, -0.15) is 0 Å². The minimum atomic E-state index is 0. The second-order valence-electron chi connectivity index (χ2n) is 3.09. The zero-order chi connectivity index (χ0) is 10.6. The van der Waals surface area contributed by atoms with Gasteiger partial charge in [0.1, 0.15) is 0 Å². The average Bonchev–Trinajstić information content (AvgIpc) is 2.20. The maximum Gasteiger partial charge on any atom is 0.159 e. The predicted molar refractivity (Wildman–Crippen MR) is 59.4 cm³/mol. The van der Waals surface area contributed by atoms with Crippen LogP contribution in [-0.4, -0.2) is 18.9 Å². The molecular formula is C12H15NOVY-2. The van der Waals surface area contributed by atoms with Crippen molar-refractivity contribution in [1.29, 1.82) is 0 Å². The number of anilines is 1. The monoisotopic (exact) mass is 329 g/mol. The number of hydrogen-bond donors (Lipinski definition) is 0. The van der Waals surface area contributed by atoms with Crippen molar-refractivity contribution in [2.75, 3.05) is 18.0 Å². The average molecular weight is 329 g/mol. The summed E-state index contributed by atoms with van der Waals surface area (Å²) in [5.74, 6) is 0.0901. The van der Waals surface area contributed by atoms with E-state index in [1.165, 1.54) is 0 Å². The van der Waals surface area contributed by atoms with Gasteiger partial charge < -0.3 is 18.7 Å². The van der Waals surface area contributed by atoms with Gasteiger partial charge in [-0.25, -0.2) is 0 Å². The van der Waals surface area contributed by atoms with Crippen molar-refractivity contribution < 1.29 is 56.1 Å². The van der Waals surface area contributed by atoms with E-state index in [0.29, 0.717) is 13.1 Å². The fraction of sp³-hybridized carbons (Fsp3) is 0.250. The minimum Gasteiger partial charge on any atom is -0.432 e. The fourth-order valence-electron chi connectivity index (χ4n) is 1.28. The molecule has 0 fully saturated rings. The first-order valence-corrected chi connectivity index (χ1v) is 4.63. The third kappa shape index (κ3) is 5.14. The summed E-state index contributed by atoms with van der Waals surface area (Å²) in [4.78, 5) is 13.1. The molecule has 0 amide bonds. The zero-order valence-electron chi connectivity index (χ0n) is 9.52. The van der Waals surface area contributed by atoms with E-state index in [1.54, 1.807) is 6.92 Å².